The van der Waals surface area contributed by atoms with E-state index in [0.29, 0.717) is 6.04 Å². The summed E-state index contributed by atoms with van der Waals surface area (Å²) in [5.41, 5.74) is 5.11. The van der Waals surface area contributed by atoms with Crippen LogP contribution in [0.1, 0.15) is 28.8 Å². The second kappa shape index (κ2) is 6.24. The topological polar surface area (TPSA) is 61.6 Å². The molecule has 1 unspecified atom stereocenters. The molecule has 1 saturated heterocycles. The number of nitrogens with one attached hydrogen (secondary N) is 1. The Labute approximate surface area is 120 Å². The number of hydrogen-bond acceptors (Lipinski definition) is 4. The lowest BCUT2D eigenvalue weighted by atomic mass is 10.0. The van der Waals surface area contributed by atoms with Crippen molar-refractivity contribution in [3.8, 4) is 0 Å². The van der Waals surface area contributed by atoms with Crippen LogP contribution in [0.5, 0.6) is 0 Å². The normalized spacial score (nSPS) is 19.7. The summed E-state index contributed by atoms with van der Waals surface area (Å²) < 4.78 is 0. The smallest absolute Gasteiger partial charge is 0.254 e. The van der Waals surface area contributed by atoms with Crippen molar-refractivity contribution in [2.24, 2.45) is 5.84 Å². The predicted molar refractivity (Wildman–Crippen MR) is 81.6 cm³/mol. The number of piperidine rings is 1. The Bertz CT molecular complexity index is 489. The summed E-state index contributed by atoms with van der Waals surface area (Å²) in [5.74, 6) is 5.48. The number of benzene rings is 1. The fraction of sp³-hybridized carbons (Fsp3) is 0.533. The minimum absolute atomic E-state index is 0.0892. The van der Waals surface area contributed by atoms with Gasteiger partial charge in [-0.05, 0) is 57.1 Å². The zero-order valence-corrected chi connectivity index (χ0v) is 12.5. The van der Waals surface area contributed by atoms with Gasteiger partial charge < -0.3 is 15.2 Å². The molecule has 1 aromatic rings. The fourth-order valence-electron chi connectivity index (χ4n) is 2.80. The van der Waals surface area contributed by atoms with Gasteiger partial charge in [0.25, 0.3) is 5.91 Å². The first-order valence-electron chi connectivity index (χ1n) is 7.06. The Kier molecular flexibility index (Phi) is 4.62. The third kappa shape index (κ3) is 3.11. The summed E-state index contributed by atoms with van der Waals surface area (Å²) in [7, 11) is 4.01. The van der Waals surface area contributed by atoms with Crippen LogP contribution in [0.4, 0.5) is 5.69 Å². The molecule has 5 heteroatoms. The van der Waals surface area contributed by atoms with Crippen LogP contribution in [0.15, 0.2) is 18.2 Å². The molecular formula is C15H24N4O. The van der Waals surface area contributed by atoms with Crippen LogP contribution in [0, 0.1) is 6.92 Å². The Morgan fingerprint density at radius 3 is 2.85 bits per heavy atom. The monoisotopic (exact) mass is 276 g/mol. The maximum absolute atomic E-state index is 12.6. The number of rotatable bonds is 3. The first kappa shape index (κ1) is 14.8. The zero-order chi connectivity index (χ0) is 14.7. The van der Waals surface area contributed by atoms with Crippen molar-refractivity contribution in [1.82, 2.24) is 9.80 Å². The average Bonchev–Trinajstić information content (AvgIpc) is 2.45. The lowest BCUT2D eigenvalue weighted by Gasteiger charge is -2.36. The SMILES string of the molecule is Cc1cc(NN)ccc1C(=O)N(C)C1CCCN(C)C1. The molecule has 3 N–H and O–H groups in total. The molecule has 0 aliphatic carbocycles. The van der Waals surface area contributed by atoms with Gasteiger partial charge in [-0.3, -0.25) is 10.6 Å². The molecule has 20 heavy (non-hydrogen) atoms. The van der Waals surface area contributed by atoms with Gasteiger partial charge in [0.05, 0.1) is 0 Å². The Balaban J connectivity index is 2.13. The molecule has 0 radical (unpaired) electrons. The van der Waals surface area contributed by atoms with Gasteiger partial charge in [-0.25, -0.2) is 0 Å². The van der Waals surface area contributed by atoms with Gasteiger partial charge in [-0.15, -0.1) is 0 Å². The highest BCUT2D eigenvalue weighted by atomic mass is 16.2. The van der Waals surface area contributed by atoms with E-state index >= 15 is 0 Å². The standard InChI is InChI=1S/C15H24N4O/c1-11-9-12(17-16)6-7-14(11)15(20)19(3)13-5-4-8-18(2)10-13/h6-7,9,13,17H,4-5,8,10,16H2,1-3H3. The number of hydrazine groups is 1. The number of hydrogen-bond donors (Lipinski definition) is 2. The predicted octanol–water partition coefficient (Wildman–Crippen LogP) is 1.45. The number of carbonyl (C=O) groups excluding carboxylic acids is 1. The van der Waals surface area contributed by atoms with E-state index in [9.17, 15) is 4.79 Å². The maximum Gasteiger partial charge on any atom is 0.254 e. The number of nitrogens with two attached hydrogens (primary N) is 1. The molecule has 1 fully saturated rings. The first-order chi connectivity index (χ1) is 9.52. The van der Waals surface area contributed by atoms with Crippen LogP contribution in [-0.2, 0) is 0 Å². The number of anilines is 1. The van der Waals surface area contributed by atoms with E-state index in [-0.39, 0.29) is 5.91 Å². The van der Waals surface area contributed by atoms with E-state index in [1.54, 1.807) is 0 Å². The van der Waals surface area contributed by atoms with Gasteiger partial charge >= 0.3 is 0 Å². The van der Waals surface area contributed by atoms with Gasteiger partial charge in [0.2, 0.25) is 0 Å². The largest absolute Gasteiger partial charge is 0.337 e. The molecule has 0 bridgehead atoms. The molecule has 2 rings (SSSR count). The second-order valence-corrected chi connectivity index (χ2v) is 5.65. The summed E-state index contributed by atoms with van der Waals surface area (Å²) in [5, 5.41) is 0. The maximum atomic E-state index is 12.6. The number of carbonyl (C=O) groups is 1. The number of likely N-dealkylation sites (N-methyl/N-ethyl adjacent to an activating group) is 2. The second-order valence-electron chi connectivity index (χ2n) is 5.65. The summed E-state index contributed by atoms with van der Waals surface area (Å²) in [6.07, 6.45) is 2.22. The highest BCUT2D eigenvalue weighted by Crippen LogP contribution is 2.19. The van der Waals surface area contributed by atoms with E-state index in [2.05, 4.69) is 17.4 Å². The lowest BCUT2D eigenvalue weighted by molar-refractivity contribution is 0.0643. The van der Waals surface area contributed by atoms with Crippen LogP contribution in [0.25, 0.3) is 0 Å². The molecular weight excluding hydrogens is 252 g/mol. The molecule has 110 valence electrons. The van der Waals surface area contributed by atoms with E-state index in [1.807, 2.05) is 37.1 Å². The van der Waals surface area contributed by atoms with E-state index in [1.165, 1.54) is 0 Å². The van der Waals surface area contributed by atoms with Crippen molar-refractivity contribution in [2.75, 3.05) is 32.6 Å². The van der Waals surface area contributed by atoms with Crippen LogP contribution in [0.3, 0.4) is 0 Å². The Hall–Kier alpha value is -1.59. The van der Waals surface area contributed by atoms with Crippen molar-refractivity contribution in [1.29, 1.82) is 0 Å². The van der Waals surface area contributed by atoms with Gasteiger partial charge in [0.15, 0.2) is 0 Å². The molecule has 1 amide bonds. The molecule has 0 saturated carbocycles. The molecule has 5 nitrogen and oxygen atoms in total. The Morgan fingerprint density at radius 1 is 1.50 bits per heavy atom. The van der Waals surface area contributed by atoms with Gasteiger partial charge in [0, 0.05) is 30.9 Å². The summed E-state index contributed by atoms with van der Waals surface area (Å²) in [4.78, 5) is 16.8. The van der Waals surface area contributed by atoms with Crippen LogP contribution in [0.2, 0.25) is 0 Å². The first-order valence-corrected chi connectivity index (χ1v) is 7.06. The molecule has 1 aromatic carbocycles. The molecule has 1 heterocycles. The third-order valence-corrected chi connectivity index (χ3v) is 4.09. The minimum atomic E-state index is 0.0892. The number of likely N-dealkylation sites (tertiary alicyclic amines) is 1. The Morgan fingerprint density at radius 2 is 2.25 bits per heavy atom. The summed E-state index contributed by atoms with van der Waals surface area (Å²) >= 11 is 0. The van der Waals surface area contributed by atoms with Crippen LogP contribution in [-0.4, -0.2) is 48.9 Å². The summed E-state index contributed by atoms with van der Waals surface area (Å²) in [6, 6.07) is 5.87. The molecule has 0 aromatic heterocycles. The number of nitrogen functional groups attached to an aromatic ring is 1. The summed E-state index contributed by atoms with van der Waals surface area (Å²) in [6.45, 7) is 4.01. The average molecular weight is 276 g/mol. The molecule has 1 atom stereocenters. The lowest BCUT2D eigenvalue weighted by Crippen LogP contribution is -2.47. The van der Waals surface area contributed by atoms with E-state index in [4.69, 9.17) is 5.84 Å². The van der Waals surface area contributed by atoms with Gasteiger partial charge in [-0.1, -0.05) is 0 Å². The van der Waals surface area contributed by atoms with Gasteiger partial charge in [0.1, 0.15) is 0 Å². The van der Waals surface area contributed by atoms with Crippen LogP contribution < -0.4 is 11.3 Å². The third-order valence-electron chi connectivity index (χ3n) is 4.09. The zero-order valence-electron chi connectivity index (χ0n) is 12.5. The quantitative estimate of drug-likeness (QED) is 0.648. The van der Waals surface area contributed by atoms with Crippen molar-refractivity contribution in [3.63, 3.8) is 0 Å². The number of amides is 1. The number of nitrogens with zero attached hydrogens (tertiary/aromatic N) is 2. The highest BCUT2D eigenvalue weighted by Gasteiger charge is 2.25. The molecule has 1 aliphatic rings. The van der Waals surface area contributed by atoms with E-state index < -0.39 is 0 Å². The molecule has 0 spiro atoms. The highest BCUT2D eigenvalue weighted by molar-refractivity contribution is 5.96. The van der Waals surface area contributed by atoms with E-state index in [0.717, 1.165) is 42.7 Å². The fourth-order valence-corrected chi connectivity index (χ4v) is 2.80. The van der Waals surface area contributed by atoms with Crippen LogP contribution >= 0.6 is 0 Å². The number of aryl methyl sites for hydroxylation is 1. The minimum Gasteiger partial charge on any atom is -0.337 e. The molecule has 1 aliphatic heterocycles. The van der Waals surface area contributed by atoms with Gasteiger partial charge in [-0.2, -0.15) is 0 Å². The van der Waals surface area contributed by atoms with Crippen molar-refractivity contribution >= 4 is 11.6 Å². The van der Waals surface area contributed by atoms with Crippen molar-refractivity contribution in [3.05, 3.63) is 29.3 Å². The van der Waals surface area contributed by atoms with Crippen molar-refractivity contribution in [2.45, 2.75) is 25.8 Å². The van der Waals surface area contributed by atoms with Crippen molar-refractivity contribution < 1.29 is 4.79 Å².